The van der Waals surface area contributed by atoms with Gasteiger partial charge in [0.05, 0.1) is 0 Å². The van der Waals surface area contributed by atoms with Crippen LogP contribution in [-0.2, 0) is 0 Å². The van der Waals surface area contributed by atoms with Crippen molar-refractivity contribution < 1.29 is 4.39 Å². The fourth-order valence-electron chi connectivity index (χ4n) is 1.59. The lowest BCUT2D eigenvalue weighted by molar-refractivity contribution is 0.627. The molecule has 0 N–H and O–H groups in total. The summed E-state index contributed by atoms with van der Waals surface area (Å²) in [6.45, 7) is 2.01. The van der Waals surface area contributed by atoms with Crippen molar-refractivity contribution in [3.05, 3.63) is 53.4 Å². The van der Waals surface area contributed by atoms with E-state index in [1.165, 1.54) is 11.6 Å². The fraction of sp³-hybridized carbons (Fsp3) is 0.167. The van der Waals surface area contributed by atoms with Crippen molar-refractivity contribution in [2.45, 2.75) is 13.3 Å². The molecule has 0 aliphatic heterocycles. The van der Waals surface area contributed by atoms with Crippen LogP contribution in [0.15, 0.2) is 36.4 Å². The van der Waals surface area contributed by atoms with Crippen LogP contribution >= 0.6 is 0 Å². The summed E-state index contributed by atoms with van der Waals surface area (Å²) < 4.78 is 13.0. The maximum atomic E-state index is 13.0. The Hall–Kier alpha value is -1.37. The molecule has 0 bridgehead atoms. The Morgan fingerprint density at radius 2 is 2.15 bits per heavy atom. The summed E-state index contributed by atoms with van der Waals surface area (Å²) in [5, 5.41) is 0. The quantitative estimate of drug-likeness (QED) is 0.611. The molecule has 2 rings (SSSR count). The molecule has 0 heterocycles. The van der Waals surface area contributed by atoms with Gasteiger partial charge in [-0.15, -0.1) is 0 Å². The van der Waals surface area contributed by atoms with Crippen LogP contribution in [0.4, 0.5) is 4.39 Å². The predicted molar refractivity (Wildman–Crippen MR) is 52.9 cm³/mol. The first-order valence-electron chi connectivity index (χ1n) is 4.39. The third-order valence-corrected chi connectivity index (χ3v) is 2.32. The standard InChI is InChI=1S/C12H11F/c1-9-6-7-11(13)8-12(9)10-4-2-3-5-10/h2-4,6-8H,5H2,1H3. The van der Waals surface area contributed by atoms with E-state index in [9.17, 15) is 4.39 Å². The van der Waals surface area contributed by atoms with Crippen molar-refractivity contribution in [1.82, 2.24) is 0 Å². The largest absolute Gasteiger partial charge is 0.207 e. The van der Waals surface area contributed by atoms with Crippen LogP contribution in [0.25, 0.3) is 5.57 Å². The molecule has 1 aromatic rings. The Labute approximate surface area is 77.4 Å². The average molecular weight is 174 g/mol. The summed E-state index contributed by atoms with van der Waals surface area (Å²) in [7, 11) is 0. The molecule has 0 amide bonds. The first-order chi connectivity index (χ1) is 6.27. The fourth-order valence-corrected chi connectivity index (χ4v) is 1.59. The second-order valence-corrected chi connectivity index (χ2v) is 3.28. The number of benzene rings is 1. The molecule has 0 spiro atoms. The van der Waals surface area contributed by atoms with Gasteiger partial charge in [-0.1, -0.05) is 24.3 Å². The van der Waals surface area contributed by atoms with Gasteiger partial charge in [-0.3, -0.25) is 0 Å². The van der Waals surface area contributed by atoms with Gasteiger partial charge in [-0.05, 0) is 42.2 Å². The number of halogens is 1. The van der Waals surface area contributed by atoms with Crippen LogP contribution in [0.1, 0.15) is 17.5 Å². The normalized spacial score (nSPS) is 14.8. The molecule has 0 aromatic heterocycles. The van der Waals surface area contributed by atoms with E-state index in [0.717, 1.165) is 17.5 Å². The minimum absolute atomic E-state index is 0.159. The molecule has 0 nitrogen and oxygen atoms in total. The van der Waals surface area contributed by atoms with E-state index in [2.05, 4.69) is 6.08 Å². The van der Waals surface area contributed by atoms with E-state index in [-0.39, 0.29) is 5.82 Å². The third-order valence-electron chi connectivity index (χ3n) is 2.32. The first kappa shape index (κ1) is 8.24. The van der Waals surface area contributed by atoms with Gasteiger partial charge in [-0.25, -0.2) is 4.39 Å². The van der Waals surface area contributed by atoms with Crippen molar-refractivity contribution in [2.75, 3.05) is 0 Å². The van der Waals surface area contributed by atoms with Gasteiger partial charge in [0.15, 0.2) is 0 Å². The van der Waals surface area contributed by atoms with E-state index in [0.29, 0.717) is 0 Å². The van der Waals surface area contributed by atoms with Gasteiger partial charge in [0.2, 0.25) is 0 Å². The summed E-state index contributed by atoms with van der Waals surface area (Å²) >= 11 is 0. The molecule has 13 heavy (non-hydrogen) atoms. The molecule has 0 atom stereocenters. The SMILES string of the molecule is Cc1ccc(F)cc1C1=CC=CC1. The summed E-state index contributed by atoms with van der Waals surface area (Å²) in [4.78, 5) is 0. The van der Waals surface area contributed by atoms with Crippen LogP contribution in [0.5, 0.6) is 0 Å². The lowest BCUT2D eigenvalue weighted by atomic mass is 10.00. The van der Waals surface area contributed by atoms with E-state index >= 15 is 0 Å². The molecular weight excluding hydrogens is 163 g/mol. The highest BCUT2D eigenvalue weighted by molar-refractivity contribution is 5.72. The zero-order valence-corrected chi connectivity index (χ0v) is 7.55. The second-order valence-electron chi connectivity index (χ2n) is 3.28. The van der Waals surface area contributed by atoms with Crippen molar-refractivity contribution in [3.63, 3.8) is 0 Å². The van der Waals surface area contributed by atoms with E-state index in [4.69, 9.17) is 0 Å². The van der Waals surface area contributed by atoms with Crippen molar-refractivity contribution in [1.29, 1.82) is 0 Å². The molecule has 1 heteroatoms. The van der Waals surface area contributed by atoms with E-state index in [1.54, 1.807) is 6.07 Å². The summed E-state index contributed by atoms with van der Waals surface area (Å²) in [6, 6.07) is 4.93. The van der Waals surface area contributed by atoms with Gasteiger partial charge >= 0.3 is 0 Å². The van der Waals surface area contributed by atoms with E-state index < -0.39 is 0 Å². The first-order valence-corrected chi connectivity index (χ1v) is 4.39. The van der Waals surface area contributed by atoms with Crippen LogP contribution in [0, 0.1) is 12.7 Å². The van der Waals surface area contributed by atoms with E-state index in [1.807, 2.05) is 25.1 Å². The predicted octanol–water partition coefficient (Wildman–Crippen LogP) is 3.48. The molecule has 1 aliphatic rings. The van der Waals surface area contributed by atoms with Crippen LogP contribution in [-0.4, -0.2) is 0 Å². The van der Waals surface area contributed by atoms with Crippen molar-refractivity contribution in [3.8, 4) is 0 Å². The minimum atomic E-state index is -0.159. The number of hydrogen-bond donors (Lipinski definition) is 0. The van der Waals surface area contributed by atoms with Gasteiger partial charge < -0.3 is 0 Å². The molecule has 0 fully saturated rings. The summed E-state index contributed by atoms with van der Waals surface area (Å²) in [5.41, 5.74) is 3.37. The molecule has 0 radical (unpaired) electrons. The number of hydrogen-bond acceptors (Lipinski definition) is 0. The van der Waals surface area contributed by atoms with Gasteiger partial charge in [0.1, 0.15) is 5.82 Å². The molecular formula is C12H11F. The highest BCUT2D eigenvalue weighted by Gasteiger charge is 2.06. The smallest absolute Gasteiger partial charge is 0.123 e. The topological polar surface area (TPSA) is 0 Å². The number of rotatable bonds is 1. The van der Waals surface area contributed by atoms with Gasteiger partial charge in [0, 0.05) is 0 Å². The monoisotopic (exact) mass is 174 g/mol. The van der Waals surface area contributed by atoms with Gasteiger partial charge in [-0.2, -0.15) is 0 Å². The Balaban J connectivity index is 2.45. The molecule has 0 unspecified atom stereocenters. The Morgan fingerprint density at radius 1 is 1.31 bits per heavy atom. The molecule has 0 saturated heterocycles. The average Bonchev–Trinajstić information content (AvgIpc) is 2.61. The molecule has 1 aromatic carbocycles. The molecule has 0 saturated carbocycles. The van der Waals surface area contributed by atoms with Crippen LogP contribution in [0.3, 0.4) is 0 Å². The summed E-state index contributed by atoms with van der Waals surface area (Å²) in [5.74, 6) is -0.159. The lowest BCUT2D eigenvalue weighted by Crippen LogP contribution is -1.88. The molecule has 66 valence electrons. The molecule has 1 aliphatic carbocycles. The van der Waals surface area contributed by atoms with Crippen LogP contribution in [0.2, 0.25) is 0 Å². The minimum Gasteiger partial charge on any atom is -0.207 e. The van der Waals surface area contributed by atoms with Crippen molar-refractivity contribution >= 4 is 5.57 Å². The Kier molecular flexibility index (Phi) is 2.01. The Morgan fingerprint density at radius 3 is 2.85 bits per heavy atom. The van der Waals surface area contributed by atoms with Gasteiger partial charge in [0.25, 0.3) is 0 Å². The zero-order valence-electron chi connectivity index (χ0n) is 7.55. The zero-order chi connectivity index (χ0) is 9.26. The van der Waals surface area contributed by atoms with Crippen LogP contribution < -0.4 is 0 Å². The van der Waals surface area contributed by atoms with Crippen molar-refractivity contribution in [2.24, 2.45) is 0 Å². The second kappa shape index (κ2) is 3.17. The summed E-state index contributed by atoms with van der Waals surface area (Å²) in [6.07, 6.45) is 7.06. The third kappa shape index (κ3) is 1.55. The Bertz CT molecular complexity index is 386. The number of aryl methyl sites for hydroxylation is 1. The number of allylic oxidation sites excluding steroid dienone is 4. The highest BCUT2D eigenvalue weighted by Crippen LogP contribution is 2.26. The maximum absolute atomic E-state index is 13.0. The maximum Gasteiger partial charge on any atom is 0.123 e. The lowest BCUT2D eigenvalue weighted by Gasteiger charge is -2.06. The highest BCUT2D eigenvalue weighted by atomic mass is 19.1.